The summed E-state index contributed by atoms with van der Waals surface area (Å²) in [6.45, 7) is 3.07. The van der Waals surface area contributed by atoms with Crippen molar-refractivity contribution < 1.29 is 8.42 Å². The van der Waals surface area contributed by atoms with E-state index in [1.54, 1.807) is 29.4 Å². The van der Waals surface area contributed by atoms with Gasteiger partial charge < -0.3 is 5.73 Å². The van der Waals surface area contributed by atoms with E-state index in [0.29, 0.717) is 30.2 Å². The fourth-order valence-corrected chi connectivity index (χ4v) is 5.35. The first-order valence-corrected chi connectivity index (χ1v) is 9.77. The zero-order chi connectivity index (χ0) is 17.3. The minimum absolute atomic E-state index is 0.113. The van der Waals surface area contributed by atoms with Crippen molar-refractivity contribution in [1.29, 1.82) is 0 Å². The smallest absolute Gasteiger partial charge is 0.243 e. The standard InChI is InChI=1S/C18H21ClN2O2S/c1-13-17(19)8-5-9-18(13)24(22,23)21-11-15(10-20)16(12-21)14-6-3-2-4-7-14/h2-9,15-16H,10-12,20H2,1H3/t15-,16+/m1/s1. The zero-order valence-electron chi connectivity index (χ0n) is 13.5. The van der Waals surface area contributed by atoms with Gasteiger partial charge in [0.1, 0.15) is 0 Å². The Balaban J connectivity index is 1.94. The zero-order valence-corrected chi connectivity index (χ0v) is 15.1. The minimum atomic E-state index is -3.58. The van der Waals surface area contributed by atoms with Crippen LogP contribution >= 0.6 is 11.6 Å². The van der Waals surface area contributed by atoms with Gasteiger partial charge in [0, 0.05) is 24.0 Å². The summed E-state index contributed by atoms with van der Waals surface area (Å²) in [5.41, 5.74) is 7.64. The van der Waals surface area contributed by atoms with Gasteiger partial charge in [-0.2, -0.15) is 4.31 Å². The molecular weight excluding hydrogens is 344 g/mol. The lowest BCUT2D eigenvalue weighted by atomic mass is 9.89. The van der Waals surface area contributed by atoms with Crippen molar-refractivity contribution in [2.75, 3.05) is 19.6 Å². The van der Waals surface area contributed by atoms with Crippen LogP contribution in [0.1, 0.15) is 17.0 Å². The van der Waals surface area contributed by atoms with E-state index in [1.807, 2.05) is 30.3 Å². The average Bonchev–Trinajstić information content (AvgIpc) is 3.03. The highest BCUT2D eigenvalue weighted by Crippen LogP contribution is 2.36. The van der Waals surface area contributed by atoms with E-state index in [4.69, 9.17) is 17.3 Å². The summed E-state index contributed by atoms with van der Waals surface area (Å²) in [6.07, 6.45) is 0. The van der Waals surface area contributed by atoms with Crippen LogP contribution in [0.25, 0.3) is 0 Å². The molecule has 0 aliphatic carbocycles. The number of hydrogen-bond donors (Lipinski definition) is 1. The molecule has 2 N–H and O–H groups in total. The third-order valence-corrected chi connectivity index (χ3v) is 7.16. The highest BCUT2D eigenvalue weighted by atomic mass is 35.5. The molecule has 1 aliphatic heterocycles. The molecule has 1 fully saturated rings. The molecule has 24 heavy (non-hydrogen) atoms. The van der Waals surface area contributed by atoms with E-state index < -0.39 is 10.0 Å². The van der Waals surface area contributed by atoms with E-state index in [2.05, 4.69) is 0 Å². The van der Waals surface area contributed by atoms with Crippen molar-refractivity contribution in [3.8, 4) is 0 Å². The molecule has 6 heteroatoms. The van der Waals surface area contributed by atoms with Crippen LogP contribution in [0.3, 0.4) is 0 Å². The first-order valence-electron chi connectivity index (χ1n) is 7.95. The summed E-state index contributed by atoms with van der Waals surface area (Å²) < 4.78 is 27.7. The average molecular weight is 365 g/mol. The molecule has 2 aromatic rings. The fraction of sp³-hybridized carbons (Fsp3) is 0.333. The fourth-order valence-electron chi connectivity index (χ4n) is 3.35. The maximum Gasteiger partial charge on any atom is 0.243 e. The Bertz CT molecular complexity index is 824. The van der Waals surface area contributed by atoms with E-state index >= 15 is 0 Å². The van der Waals surface area contributed by atoms with Gasteiger partial charge >= 0.3 is 0 Å². The molecule has 3 rings (SSSR count). The monoisotopic (exact) mass is 364 g/mol. The van der Waals surface area contributed by atoms with Crippen LogP contribution in [0.15, 0.2) is 53.4 Å². The summed E-state index contributed by atoms with van der Waals surface area (Å²) >= 11 is 6.10. The molecule has 0 amide bonds. The molecule has 1 saturated heterocycles. The predicted molar refractivity (Wildman–Crippen MR) is 96.7 cm³/mol. The highest BCUT2D eigenvalue weighted by Gasteiger charge is 2.39. The van der Waals surface area contributed by atoms with Crippen LogP contribution in [0.4, 0.5) is 0 Å². The number of halogens is 1. The lowest BCUT2D eigenvalue weighted by Gasteiger charge is -2.18. The molecule has 128 valence electrons. The van der Waals surface area contributed by atoms with Crippen molar-refractivity contribution in [1.82, 2.24) is 4.31 Å². The Morgan fingerprint density at radius 2 is 1.83 bits per heavy atom. The second kappa shape index (κ2) is 6.84. The summed E-state index contributed by atoms with van der Waals surface area (Å²) in [7, 11) is -3.58. The van der Waals surface area contributed by atoms with Gasteiger partial charge in [-0.05, 0) is 42.6 Å². The van der Waals surface area contributed by atoms with E-state index in [-0.39, 0.29) is 16.7 Å². The van der Waals surface area contributed by atoms with Crippen molar-refractivity contribution in [2.24, 2.45) is 11.7 Å². The predicted octanol–water partition coefficient (Wildman–Crippen LogP) is 3.01. The van der Waals surface area contributed by atoms with Crippen LogP contribution in [0.5, 0.6) is 0 Å². The minimum Gasteiger partial charge on any atom is -0.330 e. The van der Waals surface area contributed by atoms with Crippen molar-refractivity contribution in [3.05, 3.63) is 64.7 Å². The van der Waals surface area contributed by atoms with Gasteiger partial charge in [-0.15, -0.1) is 0 Å². The Labute approximate surface area is 148 Å². The SMILES string of the molecule is Cc1c(Cl)cccc1S(=O)(=O)N1C[C@@H](CN)[C@H](c2ccccc2)C1. The van der Waals surface area contributed by atoms with Crippen molar-refractivity contribution in [3.63, 3.8) is 0 Å². The molecule has 2 atom stereocenters. The van der Waals surface area contributed by atoms with E-state index in [9.17, 15) is 8.42 Å². The van der Waals surface area contributed by atoms with Gasteiger partial charge in [-0.3, -0.25) is 0 Å². The summed E-state index contributed by atoms with van der Waals surface area (Å²) in [6, 6.07) is 15.0. The van der Waals surface area contributed by atoms with Gasteiger partial charge in [-0.1, -0.05) is 48.0 Å². The van der Waals surface area contributed by atoms with Gasteiger partial charge in [0.15, 0.2) is 0 Å². The van der Waals surface area contributed by atoms with E-state index in [1.165, 1.54) is 0 Å². The topological polar surface area (TPSA) is 63.4 Å². The van der Waals surface area contributed by atoms with Crippen molar-refractivity contribution in [2.45, 2.75) is 17.7 Å². The third-order valence-electron chi connectivity index (χ3n) is 4.77. The number of rotatable bonds is 4. The molecular formula is C18H21ClN2O2S. The second-order valence-electron chi connectivity index (χ2n) is 6.20. The van der Waals surface area contributed by atoms with Crippen LogP contribution in [-0.4, -0.2) is 32.4 Å². The summed E-state index contributed by atoms with van der Waals surface area (Å²) in [5, 5.41) is 0.463. The number of nitrogens with zero attached hydrogens (tertiary/aromatic N) is 1. The second-order valence-corrected chi connectivity index (χ2v) is 8.51. The molecule has 4 nitrogen and oxygen atoms in total. The van der Waals surface area contributed by atoms with Crippen LogP contribution in [-0.2, 0) is 10.0 Å². The van der Waals surface area contributed by atoms with Crippen LogP contribution in [0, 0.1) is 12.8 Å². The highest BCUT2D eigenvalue weighted by molar-refractivity contribution is 7.89. The van der Waals surface area contributed by atoms with Gasteiger partial charge in [0.05, 0.1) is 4.90 Å². The molecule has 0 saturated carbocycles. The molecule has 0 aromatic heterocycles. The lowest BCUT2D eigenvalue weighted by Crippen LogP contribution is -2.30. The molecule has 2 aromatic carbocycles. The maximum absolute atomic E-state index is 13.1. The Morgan fingerprint density at radius 1 is 1.12 bits per heavy atom. The number of sulfonamides is 1. The van der Waals surface area contributed by atoms with Crippen molar-refractivity contribution >= 4 is 21.6 Å². The molecule has 0 radical (unpaired) electrons. The first kappa shape index (κ1) is 17.4. The summed E-state index contributed by atoms with van der Waals surface area (Å²) in [4.78, 5) is 0.277. The lowest BCUT2D eigenvalue weighted by molar-refractivity contribution is 0.458. The number of nitrogens with two attached hydrogens (primary N) is 1. The van der Waals surface area contributed by atoms with Gasteiger partial charge in [0.2, 0.25) is 10.0 Å². The number of hydrogen-bond acceptors (Lipinski definition) is 3. The first-order chi connectivity index (χ1) is 11.4. The quantitative estimate of drug-likeness (QED) is 0.907. The largest absolute Gasteiger partial charge is 0.330 e. The third kappa shape index (κ3) is 3.09. The Kier molecular flexibility index (Phi) is 4.97. The Morgan fingerprint density at radius 3 is 2.50 bits per heavy atom. The maximum atomic E-state index is 13.1. The molecule has 0 bridgehead atoms. The molecule has 0 unspecified atom stereocenters. The number of benzene rings is 2. The van der Waals surface area contributed by atoms with Gasteiger partial charge in [0.25, 0.3) is 0 Å². The van der Waals surface area contributed by atoms with Gasteiger partial charge in [-0.25, -0.2) is 8.42 Å². The van der Waals surface area contributed by atoms with Crippen LogP contribution in [0.2, 0.25) is 5.02 Å². The summed E-state index contributed by atoms with van der Waals surface area (Å²) in [5.74, 6) is 0.229. The van der Waals surface area contributed by atoms with E-state index in [0.717, 1.165) is 5.56 Å². The normalized spacial score (nSPS) is 22.0. The molecule has 1 aliphatic rings. The Hall–Kier alpha value is -1.40. The molecule has 1 heterocycles. The molecule has 0 spiro atoms. The van der Waals surface area contributed by atoms with Crippen LogP contribution < -0.4 is 5.73 Å².